The molecule has 1 aliphatic heterocycles. The minimum Gasteiger partial charge on any atom is -0.493 e. The zero-order chi connectivity index (χ0) is 13.2. The number of fused-ring (bicyclic) bond motifs is 1. The molecule has 0 radical (unpaired) electrons. The molecular formula is C15H20N2O2. The Bertz CT molecular complexity index is 564. The predicted molar refractivity (Wildman–Crippen MR) is 75.6 cm³/mol. The van der Waals surface area contributed by atoms with Gasteiger partial charge in [-0.1, -0.05) is 12.1 Å². The first-order valence-corrected chi connectivity index (χ1v) is 6.76. The summed E-state index contributed by atoms with van der Waals surface area (Å²) in [7, 11) is 3.86. The third-order valence-electron chi connectivity index (χ3n) is 3.94. The van der Waals surface area contributed by atoms with Crippen LogP contribution in [0.4, 0.5) is 0 Å². The predicted octanol–water partition coefficient (Wildman–Crippen LogP) is 2.41. The fourth-order valence-electron chi connectivity index (χ4n) is 2.86. The van der Waals surface area contributed by atoms with E-state index in [1.54, 1.807) is 7.11 Å². The van der Waals surface area contributed by atoms with Crippen LogP contribution in [0.3, 0.4) is 0 Å². The molecular weight excluding hydrogens is 240 g/mol. The number of nitrogens with one attached hydrogen (secondary N) is 1. The number of likely N-dealkylation sites (N-methyl/N-ethyl adjacent to an activating group) is 1. The van der Waals surface area contributed by atoms with Crippen molar-refractivity contribution in [2.45, 2.75) is 12.5 Å². The molecule has 1 aromatic heterocycles. The maximum Gasteiger partial charge on any atom is 0.176 e. The number of rotatable bonds is 2. The molecule has 0 saturated carbocycles. The van der Waals surface area contributed by atoms with Gasteiger partial charge in [0.15, 0.2) is 11.3 Å². The van der Waals surface area contributed by atoms with Gasteiger partial charge in [0.2, 0.25) is 0 Å². The lowest BCUT2D eigenvalue weighted by molar-refractivity contribution is 0.258. The second-order valence-corrected chi connectivity index (χ2v) is 5.06. The SMILES string of the molecule is COc1cccc2c(C3CCNCCN3C)coc12. The molecule has 2 aromatic rings. The van der Waals surface area contributed by atoms with Gasteiger partial charge < -0.3 is 14.5 Å². The summed E-state index contributed by atoms with van der Waals surface area (Å²) >= 11 is 0. The van der Waals surface area contributed by atoms with Crippen LogP contribution in [0, 0.1) is 0 Å². The Hall–Kier alpha value is -1.52. The Morgan fingerprint density at radius 1 is 1.37 bits per heavy atom. The second kappa shape index (κ2) is 5.23. The van der Waals surface area contributed by atoms with Crippen molar-refractivity contribution in [2.24, 2.45) is 0 Å². The highest BCUT2D eigenvalue weighted by atomic mass is 16.5. The Morgan fingerprint density at radius 3 is 3.11 bits per heavy atom. The molecule has 3 rings (SSSR count). The Kier molecular flexibility index (Phi) is 3.44. The van der Waals surface area contributed by atoms with E-state index in [1.165, 1.54) is 5.56 Å². The van der Waals surface area contributed by atoms with E-state index < -0.39 is 0 Å². The molecule has 19 heavy (non-hydrogen) atoms. The lowest BCUT2D eigenvalue weighted by Gasteiger charge is -2.24. The molecule has 4 heteroatoms. The molecule has 4 nitrogen and oxygen atoms in total. The van der Waals surface area contributed by atoms with E-state index in [2.05, 4.69) is 23.3 Å². The van der Waals surface area contributed by atoms with Crippen LogP contribution < -0.4 is 10.1 Å². The number of methoxy groups -OCH3 is 1. The zero-order valence-electron chi connectivity index (χ0n) is 11.5. The molecule has 0 bridgehead atoms. The Labute approximate surface area is 113 Å². The van der Waals surface area contributed by atoms with E-state index in [0.717, 1.165) is 42.8 Å². The lowest BCUT2D eigenvalue weighted by Crippen LogP contribution is -2.26. The maximum atomic E-state index is 5.74. The smallest absolute Gasteiger partial charge is 0.176 e. The molecule has 1 N–H and O–H groups in total. The van der Waals surface area contributed by atoms with Crippen molar-refractivity contribution in [1.29, 1.82) is 0 Å². The molecule has 1 fully saturated rings. The van der Waals surface area contributed by atoms with Gasteiger partial charge in [-0.15, -0.1) is 0 Å². The van der Waals surface area contributed by atoms with Crippen molar-refractivity contribution >= 4 is 11.0 Å². The van der Waals surface area contributed by atoms with Crippen LogP contribution >= 0.6 is 0 Å². The molecule has 1 atom stereocenters. The summed E-state index contributed by atoms with van der Waals surface area (Å²) in [5.41, 5.74) is 2.12. The van der Waals surface area contributed by atoms with Gasteiger partial charge in [0, 0.05) is 30.1 Å². The summed E-state index contributed by atoms with van der Waals surface area (Å²) < 4.78 is 11.1. The Morgan fingerprint density at radius 2 is 2.26 bits per heavy atom. The topological polar surface area (TPSA) is 37.6 Å². The van der Waals surface area contributed by atoms with Crippen LogP contribution in [-0.4, -0.2) is 38.7 Å². The molecule has 2 heterocycles. The normalized spacial score (nSPS) is 21.5. The summed E-state index contributed by atoms with van der Waals surface area (Å²) in [5, 5.41) is 4.61. The largest absolute Gasteiger partial charge is 0.493 e. The fourth-order valence-corrected chi connectivity index (χ4v) is 2.86. The number of benzene rings is 1. The highest BCUT2D eigenvalue weighted by Gasteiger charge is 2.23. The van der Waals surface area contributed by atoms with Crippen molar-refractivity contribution in [3.8, 4) is 5.75 Å². The Balaban J connectivity index is 2.04. The molecule has 1 aliphatic rings. The number of ether oxygens (including phenoxy) is 1. The average molecular weight is 260 g/mol. The molecule has 0 aliphatic carbocycles. The van der Waals surface area contributed by atoms with Crippen molar-refractivity contribution in [1.82, 2.24) is 10.2 Å². The van der Waals surface area contributed by atoms with Crippen molar-refractivity contribution in [3.63, 3.8) is 0 Å². The van der Waals surface area contributed by atoms with Crippen molar-refractivity contribution < 1.29 is 9.15 Å². The maximum absolute atomic E-state index is 5.74. The van der Waals surface area contributed by atoms with E-state index in [0.29, 0.717) is 6.04 Å². The first kappa shape index (κ1) is 12.5. The van der Waals surface area contributed by atoms with E-state index in [4.69, 9.17) is 9.15 Å². The lowest BCUT2D eigenvalue weighted by atomic mass is 10.0. The first-order chi connectivity index (χ1) is 9.31. The monoisotopic (exact) mass is 260 g/mol. The number of hydrogen-bond acceptors (Lipinski definition) is 4. The van der Waals surface area contributed by atoms with Gasteiger partial charge in [-0.25, -0.2) is 0 Å². The van der Waals surface area contributed by atoms with Gasteiger partial charge in [0.1, 0.15) is 0 Å². The van der Waals surface area contributed by atoms with Crippen LogP contribution in [-0.2, 0) is 0 Å². The van der Waals surface area contributed by atoms with Crippen LogP contribution in [0.5, 0.6) is 5.75 Å². The molecule has 1 aromatic carbocycles. The minimum atomic E-state index is 0.406. The van der Waals surface area contributed by atoms with Gasteiger partial charge in [-0.3, -0.25) is 4.90 Å². The second-order valence-electron chi connectivity index (χ2n) is 5.06. The summed E-state index contributed by atoms with van der Waals surface area (Å²) in [6, 6.07) is 6.48. The number of hydrogen-bond donors (Lipinski definition) is 1. The van der Waals surface area contributed by atoms with Gasteiger partial charge in [-0.05, 0) is 26.1 Å². The van der Waals surface area contributed by atoms with Crippen LogP contribution in [0.1, 0.15) is 18.0 Å². The molecule has 1 saturated heterocycles. The van der Waals surface area contributed by atoms with E-state index in [-0.39, 0.29) is 0 Å². The molecule has 102 valence electrons. The van der Waals surface area contributed by atoms with Gasteiger partial charge in [-0.2, -0.15) is 0 Å². The highest BCUT2D eigenvalue weighted by molar-refractivity contribution is 5.86. The van der Waals surface area contributed by atoms with Gasteiger partial charge in [0.05, 0.1) is 13.4 Å². The summed E-state index contributed by atoms with van der Waals surface area (Å²) in [6.07, 6.45) is 2.99. The van der Waals surface area contributed by atoms with Crippen LogP contribution in [0.15, 0.2) is 28.9 Å². The molecule has 1 unspecified atom stereocenters. The standard InChI is InChI=1S/C15H20N2O2/c1-17-9-8-16-7-6-13(17)12-10-19-15-11(12)4-3-5-14(15)18-2/h3-5,10,13,16H,6-9H2,1-2H3. The summed E-state index contributed by atoms with van der Waals surface area (Å²) in [5.74, 6) is 0.804. The molecule has 0 spiro atoms. The van der Waals surface area contributed by atoms with Crippen LogP contribution in [0.25, 0.3) is 11.0 Å². The number of para-hydroxylation sites is 1. The van der Waals surface area contributed by atoms with Crippen molar-refractivity contribution in [3.05, 3.63) is 30.0 Å². The summed E-state index contributed by atoms with van der Waals surface area (Å²) in [6.45, 7) is 3.15. The van der Waals surface area contributed by atoms with E-state index in [1.807, 2.05) is 18.4 Å². The van der Waals surface area contributed by atoms with Gasteiger partial charge in [0.25, 0.3) is 0 Å². The fraction of sp³-hybridized carbons (Fsp3) is 0.467. The molecule has 0 amide bonds. The zero-order valence-corrected chi connectivity index (χ0v) is 11.5. The minimum absolute atomic E-state index is 0.406. The number of furan rings is 1. The third-order valence-corrected chi connectivity index (χ3v) is 3.94. The quantitative estimate of drug-likeness (QED) is 0.900. The summed E-state index contributed by atoms with van der Waals surface area (Å²) in [4.78, 5) is 2.39. The van der Waals surface area contributed by atoms with Gasteiger partial charge >= 0.3 is 0 Å². The first-order valence-electron chi connectivity index (χ1n) is 6.76. The average Bonchev–Trinajstić information content (AvgIpc) is 2.75. The van der Waals surface area contributed by atoms with Crippen LogP contribution in [0.2, 0.25) is 0 Å². The highest BCUT2D eigenvalue weighted by Crippen LogP contribution is 2.35. The van der Waals surface area contributed by atoms with E-state index in [9.17, 15) is 0 Å². The third kappa shape index (κ3) is 2.22. The van der Waals surface area contributed by atoms with Crippen molar-refractivity contribution in [2.75, 3.05) is 33.8 Å². The van der Waals surface area contributed by atoms with E-state index >= 15 is 0 Å². The number of nitrogens with zero attached hydrogens (tertiary/aromatic N) is 1.